The van der Waals surface area contributed by atoms with Crippen LogP contribution >= 0.6 is 11.3 Å². The Bertz CT molecular complexity index is 948. The summed E-state index contributed by atoms with van der Waals surface area (Å²) in [7, 11) is -3.75. The molecule has 0 saturated carbocycles. The molecule has 0 radical (unpaired) electrons. The third-order valence-corrected chi connectivity index (χ3v) is 6.92. The first kappa shape index (κ1) is 19.7. The molecule has 3 aromatic rings. The first-order chi connectivity index (χ1) is 13.0. The second-order valence-electron chi connectivity index (χ2n) is 6.13. The maximum absolute atomic E-state index is 13.5. The van der Waals surface area contributed by atoms with Gasteiger partial charge in [-0.25, -0.2) is 8.42 Å². The van der Waals surface area contributed by atoms with E-state index < -0.39 is 10.0 Å². The number of thiophene rings is 1. The van der Waals surface area contributed by atoms with E-state index in [4.69, 9.17) is 9.15 Å². The molecule has 27 heavy (non-hydrogen) atoms. The van der Waals surface area contributed by atoms with Gasteiger partial charge in [0.2, 0.25) is 10.0 Å². The van der Waals surface area contributed by atoms with Gasteiger partial charge in [-0.15, -0.1) is 11.3 Å². The van der Waals surface area contributed by atoms with E-state index in [2.05, 4.69) is 0 Å². The first-order valence-electron chi connectivity index (χ1n) is 8.79. The molecule has 0 atom stereocenters. The molecule has 1 aromatic carbocycles. The Labute approximate surface area is 164 Å². The van der Waals surface area contributed by atoms with Crippen LogP contribution in [0.15, 0.2) is 63.4 Å². The fourth-order valence-corrected chi connectivity index (χ4v) is 5.10. The van der Waals surface area contributed by atoms with Crippen molar-refractivity contribution in [1.82, 2.24) is 4.31 Å². The first-order valence-corrected chi connectivity index (χ1v) is 11.1. The Kier molecular flexibility index (Phi) is 6.36. The Morgan fingerprint density at radius 2 is 2.04 bits per heavy atom. The fraction of sp³-hybridized carbons (Fsp3) is 0.300. The summed E-state index contributed by atoms with van der Waals surface area (Å²) in [5, 5.41) is 1.99. The van der Waals surface area contributed by atoms with Crippen molar-refractivity contribution in [1.29, 1.82) is 0 Å². The highest BCUT2D eigenvalue weighted by Crippen LogP contribution is 2.29. The average molecular weight is 406 g/mol. The molecule has 0 amide bonds. The highest BCUT2D eigenvalue weighted by molar-refractivity contribution is 7.89. The summed E-state index contributed by atoms with van der Waals surface area (Å²) < 4.78 is 39.4. The molecule has 0 saturated heterocycles. The molecular weight excluding hydrogens is 382 g/mol. The topological polar surface area (TPSA) is 59.8 Å². The smallest absolute Gasteiger partial charge is 0.247 e. The minimum absolute atomic E-state index is 0.181. The highest BCUT2D eigenvalue weighted by Gasteiger charge is 2.29. The molecule has 0 aliphatic carbocycles. The van der Waals surface area contributed by atoms with Gasteiger partial charge >= 0.3 is 0 Å². The van der Waals surface area contributed by atoms with Gasteiger partial charge in [-0.1, -0.05) is 12.1 Å². The van der Waals surface area contributed by atoms with Gasteiger partial charge in [-0.05, 0) is 61.5 Å². The van der Waals surface area contributed by atoms with E-state index in [1.807, 2.05) is 37.4 Å². The van der Waals surface area contributed by atoms with Gasteiger partial charge in [-0.2, -0.15) is 4.31 Å². The summed E-state index contributed by atoms with van der Waals surface area (Å²) in [5.41, 5.74) is 0.869. The second kappa shape index (κ2) is 8.73. The van der Waals surface area contributed by atoms with Crippen LogP contribution in [0, 0.1) is 6.92 Å². The van der Waals surface area contributed by atoms with Crippen molar-refractivity contribution in [2.45, 2.75) is 31.7 Å². The van der Waals surface area contributed by atoms with Crippen molar-refractivity contribution in [3.05, 3.63) is 70.3 Å². The van der Waals surface area contributed by atoms with Crippen molar-refractivity contribution in [2.75, 3.05) is 13.2 Å². The third kappa shape index (κ3) is 4.80. The minimum atomic E-state index is -3.75. The van der Waals surface area contributed by atoms with Gasteiger partial charge in [0.1, 0.15) is 16.4 Å². The standard InChI is InChI=1S/C20H23NO4S2/c1-3-24-19-9-8-16(2)14-20(19)27(22,23)21(15-17-6-4-12-25-17)11-10-18-7-5-13-26-18/h4-9,12-14H,3,10-11,15H2,1-2H3. The molecule has 0 aliphatic rings. The van der Waals surface area contributed by atoms with Crippen LogP contribution < -0.4 is 4.74 Å². The van der Waals surface area contributed by atoms with Crippen LogP contribution in [0.25, 0.3) is 0 Å². The molecule has 2 aromatic heterocycles. The predicted molar refractivity (Wildman–Crippen MR) is 107 cm³/mol. The molecule has 0 aliphatic heterocycles. The lowest BCUT2D eigenvalue weighted by Gasteiger charge is -2.23. The average Bonchev–Trinajstić information content (AvgIpc) is 3.34. The molecule has 0 N–H and O–H groups in total. The van der Waals surface area contributed by atoms with Crippen LogP contribution in [0.5, 0.6) is 5.75 Å². The van der Waals surface area contributed by atoms with Crippen molar-refractivity contribution >= 4 is 21.4 Å². The third-order valence-electron chi connectivity index (χ3n) is 4.12. The number of aryl methyl sites for hydroxylation is 1. The summed E-state index contributed by atoms with van der Waals surface area (Å²) >= 11 is 1.62. The molecule has 0 bridgehead atoms. The van der Waals surface area contributed by atoms with Gasteiger partial charge in [-0.3, -0.25) is 0 Å². The zero-order chi connectivity index (χ0) is 19.3. The van der Waals surface area contributed by atoms with E-state index >= 15 is 0 Å². The van der Waals surface area contributed by atoms with Gasteiger partial charge in [0.25, 0.3) is 0 Å². The quantitative estimate of drug-likeness (QED) is 0.527. The second-order valence-corrected chi connectivity index (χ2v) is 9.07. The Morgan fingerprint density at radius 1 is 1.19 bits per heavy atom. The van der Waals surface area contributed by atoms with Crippen LogP contribution in [0.2, 0.25) is 0 Å². The van der Waals surface area contributed by atoms with Crippen LogP contribution in [0.3, 0.4) is 0 Å². The Hall–Kier alpha value is -2.09. The predicted octanol–water partition coefficient (Wildman–Crippen LogP) is 4.48. The number of sulfonamides is 1. The molecule has 5 nitrogen and oxygen atoms in total. The van der Waals surface area contributed by atoms with Gasteiger partial charge < -0.3 is 9.15 Å². The number of hydrogen-bond donors (Lipinski definition) is 0. The van der Waals surface area contributed by atoms with E-state index in [9.17, 15) is 8.42 Å². The monoisotopic (exact) mass is 405 g/mol. The Morgan fingerprint density at radius 3 is 2.70 bits per heavy atom. The maximum Gasteiger partial charge on any atom is 0.247 e. The summed E-state index contributed by atoms with van der Waals surface area (Å²) in [6, 6.07) is 12.8. The summed E-state index contributed by atoms with van der Waals surface area (Å²) in [6.07, 6.45) is 2.20. The lowest BCUT2D eigenvalue weighted by atomic mass is 10.2. The van der Waals surface area contributed by atoms with E-state index in [1.54, 1.807) is 41.9 Å². The number of furan rings is 1. The molecule has 0 spiro atoms. The van der Waals surface area contributed by atoms with Crippen molar-refractivity contribution in [3.63, 3.8) is 0 Å². The van der Waals surface area contributed by atoms with Crippen molar-refractivity contribution in [3.8, 4) is 5.75 Å². The lowest BCUT2D eigenvalue weighted by Crippen LogP contribution is -2.32. The molecule has 2 heterocycles. The van der Waals surface area contributed by atoms with Crippen LogP contribution in [-0.2, 0) is 23.0 Å². The molecule has 7 heteroatoms. The van der Waals surface area contributed by atoms with E-state index in [0.717, 1.165) is 10.4 Å². The van der Waals surface area contributed by atoms with Gasteiger partial charge in [0.05, 0.1) is 19.4 Å². The number of rotatable bonds is 9. The minimum Gasteiger partial charge on any atom is -0.492 e. The number of ether oxygens (including phenoxy) is 1. The van der Waals surface area contributed by atoms with E-state index in [1.165, 1.54) is 4.31 Å². The van der Waals surface area contributed by atoms with Crippen LogP contribution in [-0.4, -0.2) is 25.9 Å². The molecular formula is C20H23NO4S2. The van der Waals surface area contributed by atoms with Crippen LogP contribution in [0.4, 0.5) is 0 Å². The molecule has 3 rings (SSSR count). The zero-order valence-corrected chi connectivity index (χ0v) is 17.1. The van der Waals surface area contributed by atoms with E-state index in [0.29, 0.717) is 31.1 Å². The fourth-order valence-electron chi connectivity index (χ4n) is 2.78. The van der Waals surface area contributed by atoms with Crippen molar-refractivity contribution < 1.29 is 17.6 Å². The maximum atomic E-state index is 13.5. The van der Waals surface area contributed by atoms with Gasteiger partial charge in [0.15, 0.2) is 0 Å². The zero-order valence-electron chi connectivity index (χ0n) is 15.4. The number of hydrogen-bond acceptors (Lipinski definition) is 5. The Balaban J connectivity index is 1.94. The molecule has 0 unspecified atom stereocenters. The summed E-state index contributed by atoms with van der Waals surface area (Å²) in [4.78, 5) is 1.34. The molecule has 0 fully saturated rings. The van der Waals surface area contributed by atoms with Gasteiger partial charge in [0, 0.05) is 11.4 Å². The number of nitrogens with zero attached hydrogens (tertiary/aromatic N) is 1. The largest absolute Gasteiger partial charge is 0.492 e. The lowest BCUT2D eigenvalue weighted by molar-refractivity contribution is 0.326. The SMILES string of the molecule is CCOc1ccc(C)cc1S(=O)(=O)N(CCc1cccs1)Cc1ccco1. The molecule has 144 valence electrons. The van der Waals surface area contributed by atoms with Crippen LogP contribution in [0.1, 0.15) is 23.1 Å². The summed E-state index contributed by atoms with van der Waals surface area (Å²) in [5.74, 6) is 0.985. The highest BCUT2D eigenvalue weighted by atomic mass is 32.2. The summed E-state index contributed by atoms with van der Waals surface area (Å²) in [6.45, 7) is 4.66. The van der Waals surface area contributed by atoms with E-state index in [-0.39, 0.29) is 11.4 Å². The number of benzene rings is 1. The normalized spacial score (nSPS) is 11.8. The van der Waals surface area contributed by atoms with Crippen molar-refractivity contribution in [2.24, 2.45) is 0 Å².